The molecule has 1 atom stereocenters. The predicted molar refractivity (Wildman–Crippen MR) is 67.1 cm³/mol. The third-order valence-electron chi connectivity index (χ3n) is 3.58. The lowest BCUT2D eigenvalue weighted by atomic mass is 9.97. The molecule has 0 aromatic rings. The van der Waals surface area contributed by atoms with E-state index in [2.05, 4.69) is 37.1 Å². The second-order valence-corrected chi connectivity index (χ2v) is 5.13. The van der Waals surface area contributed by atoms with E-state index in [4.69, 9.17) is 5.26 Å². The fourth-order valence-corrected chi connectivity index (χ4v) is 2.44. The van der Waals surface area contributed by atoms with Gasteiger partial charge >= 0.3 is 0 Å². The Balaban J connectivity index is 2.28. The van der Waals surface area contributed by atoms with Crippen LogP contribution in [0.3, 0.4) is 0 Å². The number of nitrogens with one attached hydrogen (secondary N) is 1. The van der Waals surface area contributed by atoms with E-state index in [-0.39, 0.29) is 0 Å². The first-order valence-electron chi connectivity index (χ1n) is 6.52. The van der Waals surface area contributed by atoms with E-state index in [9.17, 15) is 0 Å². The van der Waals surface area contributed by atoms with E-state index < -0.39 is 0 Å². The van der Waals surface area contributed by atoms with Gasteiger partial charge in [-0.05, 0) is 25.2 Å². The predicted octanol–water partition coefficient (Wildman–Crippen LogP) is 2.00. The molecule has 0 saturated carbocycles. The van der Waals surface area contributed by atoms with Crippen molar-refractivity contribution in [2.75, 3.05) is 19.6 Å². The fourth-order valence-electron chi connectivity index (χ4n) is 2.44. The maximum Gasteiger partial charge on any atom is 0.0866 e. The average molecular weight is 223 g/mol. The molecule has 0 aromatic carbocycles. The van der Waals surface area contributed by atoms with E-state index in [1.54, 1.807) is 0 Å². The van der Waals surface area contributed by atoms with Gasteiger partial charge in [-0.2, -0.15) is 5.26 Å². The van der Waals surface area contributed by atoms with Gasteiger partial charge in [0.05, 0.1) is 12.6 Å². The van der Waals surface area contributed by atoms with Crippen LogP contribution in [0.15, 0.2) is 0 Å². The van der Waals surface area contributed by atoms with Gasteiger partial charge in [-0.25, -0.2) is 0 Å². The number of hydrogen-bond donors (Lipinski definition) is 1. The van der Waals surface area contributed by atoms with Crippen molar-refractivity contribution in [2.45, 2.75) is 52.1 Å². The first kappa shape index (κ1) is 13.5. The molecule has 92 valence electrons. The topological polar surface area (TPSA) is 39.1 Å². The standard InChI is InChI=1S/C13H25N3/c1-4-13(11(2)3)15-12-5-8-16(9-6-12)10-7-14/h11-13,15H,4-6,8-10H2,1-3H3. The van der Waals surface area contributed by atoms with Crippen LogP contribution >= 0.6 is 0 Å². The molecule has 0 radical (unpaired) electrons. The van der Waals surface area contributed by atoms with Gasteiger partial charge in [0.1, 0.15) is 0 Å². The van der Waals surface area contributed by atoms with Crippen LogP contribution in [0.1, 0.15) is 40.0 Å². The van der Waals surface area contributed by atoms with Gasteiger partial charge in [0, 0.05) is 25.2 Å². The van der Waals surface area contributed by atoms with Crippen LogP contribution in [-0.4, -0.2) is 36.6 Å². The minimum absolute atomic E-state index is 0.591. The molecule has 1 saturated heterocycles. The van der Waals surface area contributed by atoms with Crippen molar-refractivity contribution in [3.8, 4) is 6.07 Å². The van der Waals surface area contributed by atoms with Crippen LogP contribution in [0.25, 0.3) is 0 Å². The summed E-state index contributed by atoms with van der Waals surface area (Å²) < 4.78 is 0. The maximum atomic E-state index is 8.63. The zero-order chi connectivity index (χ0) is 12.0. The highest BCUT2D eigenvalue weighted by molar-refractivity contribution is 4.85. The van der Waals surface area contributed by atoms with Crippen molar-refractivity contribution in [1.29, 1.82) is 5.26 Å². The molecule has 1 fully saturated rings. The number of hydrogen-bond acceptors (Lipinski definition) is 3. The summed E-state index contributed by atoms with van der Waals surface area (Å²) in [4.78, 5) is 2.24. The first-order chi connectivity index (χ1) is 7.67. The van der Waals surface area contributed by atoms with Crippen LogP contribution < -0.4 is 5.32 Å². The van der Waals surface area contributed by atoms with Crippen molar-refractivity contribution in [1.82, 2.24) is 10.2 Å². The normalized spacial score (nSPS) is 20.9. The monoisotopic (exact) mass is 223 g/mol. The van der Waals surface area contributed by atoms with E-state index in [0.717, 1.165) is 13.1 Å². The molecule has 1 unspecified atom stereocenters. The lowest BCUT2D eigenvalue weighted by Crippen LogP contribution is -2.47. The minimum atomic E-state index is 0.591. The summed E-state index contributed by atoms with van der Waals surface area (Å²) in [5.41, 5.74) is 0. The first-order valence-corrected chi connectivity index (χ1v) is 6.52. The number of nitriles is 1. The Kier molecular flexibility index (Phi) is 5.79. The highest BCUT2D eigenvalue weighted by Crippen LogP contribution is 2.14. The van der Waals surface area contributed by atoms with Gasteiger partial charge in [-0.1, -0.05) is 20.8 Å². The average Bonchev–Trinajstić information content (AvgIpc) is 2.28. The van der Waals surface area contributed by atoms with Crippen molar-refractivity contribution in [3.63, 3.8) is 0 Å². The quantitative estimate of drug-likeness (QED) is 0.725. The number of rotatable bonds is 5. The molecule has 0 spiro atoms. The Labute approximate surface area is 99.8 Å². The van der Waals surface area contributed by atoms with Crippen LogP contribution in [-0.2, 0) is 0 Å². The summed E-state index contributed by atoms with van der Waals surface area (Å²) in [5.74, 6) is 0.710. The molecule has 0 amide bonds. The molecule has 0 bridgehead atoms. The summed E-state index contributed by atoms with van der Waals surface area (Å²) >= 11 is 0. The Morgan fingerprint density at radius 2 is 2.00 bits per heavy atom. The molecule has 3 nitrogen and oxygen atoms in total. The Hall–Kier alpha value is -0.590. The third-order valence-corrected chi connectivity index (χ3v) is 3.58. The maximum absolute atomic E-state index is 8.63. The molecule has 1 rings (SSSR count). The Morgan fingerprint density at radius 3 is 2.44 bits per heavy atom. The zero-order valence-corrected chi connectivity index (χ0v) is 10.9. The molecular formula is C13H25N3. The van der Waals surface area contributed by atoms with Gasteiger partial charge in [-0.15, -0.1) is 0 Å². The van der Waals surface area contributed by atoms with E-state index in [1.165, 1.54) is 19.3 Å². The van der Waals surface area contributed by atoms with Gasteiger partial charge in [-0.3, -0.25) is 4.90 Å². The van der Waals surface area contributed by atoms with Crippen LogP contribution in [0.4, 0.5) is 0 Å². The summed E-state index contributed by atoms with van der Waals surface area (Å²) in [5, 5.41) is 12.4. The molecule has 1 aliphatic heterocycles. The molecule has 3 heteroatoms. The van der Waals surface area contributed by atoms with Crippen LogP contribution in [0.2, 0.25) is 0 Å². The van der Waals surface area contributed by atoms with E-state index >= 15 is 0 Å². The fraction of sp³-hybridized carbons (Fsp3) is 0.923. The number of piperidine rings is 1. The summed E-state index contributed by atoms with van der Waals surface area (Å²) in [7, 11) is 0. The lowest BCUT2D eigenvalue weighted by Gasteiger charge is -2.34. The molecule has 16 heavy (non-hydrogen) atoms. The van der Waals surface area contributed by atoms with Crippen molar-refractivity contribution >= 4 is 0 Å². The van der Waals surface area contributed by atoms with Gasteiger partial charge in [0.25, 0.3) is 0 Å². The summed E-state index contributed by atoms with van der Waals surface area (Å²) in [6.07, 6.45) is 3.58. The van der Waals surface area contributed by atoms with Gasteiger partial charge < -0.3 is 5.32 Å². The summed E-state index contributed by atoms with van der Waals surface area (Å²) in [6, 6.07) is 3.53. The number of nitrogens with zero attached hydrogens (tertiary/aromatic N) is 2. The van der Waals surface area contributed by atoms with Crippen molar-refractivity contribution < 1.29 is 0 Å². The van der Waals surface area contributed by atoms with E-state index in [0.29, 0.717) is 24.5 Å². The van der Waals surface area contributed by atoms with Gasteiger partial charge in [0.15, 0.2) is 0 Å². The second kappa shape index (κ2) is 6.88. The van der Waals surface area contributed by atoms with Crippen LogP contribution in [0.5, 0.6) is 0 Å². The van der Waals surface area contributed by atoms with E-state index in [1.807, 2.05) is 0 Å². The van der Waals surface area contributed by atoms with Crippen LogP contribution in [0, 0.1) is 17.2 Å². The highest BCUT2D eigenvalue weighted by atomic mass is 15.1. The molecular weight excluding hydrogens is 198 g/mol. The third kappa shape index (κ3) is 4.11. The molecule has 0 aliphatic carbocycles. The van der Waals surface area contributed by atoms with Gasteiger partial charge in [0.2, 0.25) is 0 Å². The minimum Gasteiger partial charge on any atom is -0.311 e. The Morgan fingerprint density at radius 1 is 1.38 bits per heavy atom. The second-order valence-electron chi connectivity index (χ2n) is 5.13. The molecule has 1 aliphatic rings. The number of likely N-dealkylation sites (tertiary alicyclic amines) is 1. The molecule has 1 N–H and O–H groups in total. The highest BCUT2D eigenvalue weighted by Gasteiger charge is 2.21. The summed E-state index contributed by atoms with van der Waals surface area (Å²) in [6.45, 7) is 9.55. The molecule has 0 aromatic heterocycles. The smallest absolute Gasteiger partial charge is 0.0866 e. The largest absolute Gasteiger partial charge is 0.311 e. The lowest BCUT2D eigenvalue weighted by molar-refractivity contribution is 0.198. The van der Waals surface area contributed by atoms with Crippen molar-refractivity contribution in [2.24, 2.45) is 5.92 Å². The zero-order valence-electron chi connectivity index (χ0n) is 10.9. The Bertz CT molecular complexity index is 224. The molecule has 1 heterocycles. The van der Waals surface area contributed by atoms with Crippen molar-refractivity contribution in [3.05, 3.63) is 0 Å². The SMILES string of the molecule is CCC(NC1CCN(CC#N)CC1)C(C)C.